The van der Waals surface area contributed by atoms with Gasteiger partial charge in [-0.15, -0.1) is 0 Å². The number of nitrogens with one attached hydrogen (secondary N) is 1. The van der Waals surface area contributed by atoms with E-state index < -0.39 is 9.84 Å². The molecular weight excluding hydrogens is 250 g/mol. The highest BCUT2D eigenvalue weighted by Crippen LogP contribution is 2.26. The molecule has 0 aliphatic carbocycles. The van der Waals surface area contributed by atoms with Crippen LogP contribution in [0, 0.1) is 0 Å². The van der Waals surface area contributed by atoms with E-state index in [-0.39, 0.29) is 5.75 Å². The molecule has 0 amide bonds. The largest absolute Gasteiger partial charge is 0.288 e. The zero-order chi connectivity index (χ0) is 13.2. The Balaban J connectivity index is 2.22. The third-order valence-corrected chi connectivity index (χ3v) is 5.03. The molecule has 0 radical (unpaired) electrons. The van der Waals surface area contributed by atoms with Crippen molar-refractivity contribution in [1.82, 2.24) is 10.3 Å². The van der Waals surface area contributed by atoms with Crippen molar-refractivity contribution in [2.75, 3.05) is 19.5 Å². The molecule has 0 saturated carbocycles. The summed E-state index contributed by atoms with van der Waals surface area (Å²) >= 11 is 0. The Hall–Kier alpha value is -0.950. The zero-order valence-corrected chi connectivity index (χ0v) is 11.3. The smallest absolute Gasteiger partial charge is 0.178 e. The minimum absolute atomic E-state index is 0.274. The van der Waals surface area contributed by atoms with E-state index in [0.29, 0.717) is 11.6 Å². The van der Waals surface area contributed by atoms with Crippen molar-refractivity contribution in [1.29, 1.82) is 0 Å². The highest BCUT2D eigenvalue weighted by molar-refractivity contribution is 7.91. The Kier molecular flexibility index (Phi) is 4.01. The maximum atomic E-state index is 11.9. The summed E-state index contributed by atoms with van der Waals surface area (Å²) < 4.78 is 23.7. The van der Waals surface area contributed by atoms with Crippen LogP contribution in [0.15, 0.2) is 23.1 Å². The molecule has 0 fully saturated rings. The lowest BCUT2D eigenvalue weighted by molar-refractivity contribution is 0.301. The van der Waals surface area contributed by atoms with Gasteiger partial charge in [0.1, 0.15) is 0 Å². The van der Waals surface area contributed by atoms with E-state index in [2.05, 4.69) is 5.43 Å². The molecule has 1 aliphatic heterocycles. The second kappa shape index (κ2) is 5.36. The molecule has 1 aromatic rings. The summed E-state index contributed by atoms with van der Waals surface area (Å²) in [6.07, 6.45) is 1.57. The summed E-state index contributed by atoms with van der Waals surface area (Å²) in [6, 6.07) is 5.62. The minimum atomic E-state index is -3.04. The lowest BCUT2D eigenvalue weighted by Crippen LogP contribution is -2.35. The van der Waals surface area contributed by atoms with Crippen LogP contribution in [0.2, 0.25) is 0 Å². The fourth-order valence-electron chi connectivity index (χ4n) is 2.32. The van der Waals surface area contributed by atoms with Crippen LogP contribution >= 0.6 is 0 Å². The van der Waals surface area contributed by atoms with Crippen molar-refractivity contribution in [3.8, 4) is 0 Å². The molecule has 1 aliphatic rings. The van der Waals surface area contributed by atoms with E-state index in [4.69, 9.17) is 5.84 Å². The Morgan fingerprint density at radius 2 is 2.22 bits per heavy atom. The number of fused-ring (bicyclic) bond motifs is 1. The first-order chi connectivity index (χ1) is 8.53. The highest BCUT2D eigenvalue weighted by Gasteiger charge is 2.23. The van der Waals surface area contributed by atoms with Crippen LogP contribution in [0.3, 0.4) is 0 Å². The Morgan fingerprint density at radius 1 is 1.44 bits per heavy atom. The normalized spacial score (nSPS) is 17.7. The van der Waals surface area contributed by atoms with Crippen molar-refractivity contribution in [2.24, 2.45) is 5.84 Å². The molecule has 0 bridgehead atoms. The monoisotopic (exact) mass is 269 g/mol. The zero-order valence-electron chi connectivity index (χ0n) is 10.5. The van der Waals surface area contributed by atoms with Gasteiger partial charge in [0, 0.05) is 6.54 Å². The minimum Gasteiger partial charge on any atom is -0.288 e. The van der Waals surface area contributed by atoms with Crippen molar-refractivity contribution in [3.05, 3.63) is 29.3 Å². The number of rotatable bonds is 4. The van der Waals surface area contributed by atoms with Crippen LogP contribution in [0.4, 0.5) is 0 Å². The molecule has 0 aromatic heterocycles. The fourth-order valence-corrected chi connectivity index (χ4v) is 3.90. The summed E-state index contributed by atoms with van der Waals surface area (Å²) in [5, 5.41) is 0. The van der Waals surface area contributed by atoms with Gasteiger partial charge in [0.05, 0.1) is 17.3 Å². The van der Waals surface area contributed by atoms with Crippen LogP contribution in [0.1, 0.15) is 17.5 Å². The molecule has 0 spiro atoms. The molecule has 0 unspecified atom stereocenters. The first-order valence-electron chi connectivity index (χ1n) is 5.99. The van der Waals surface area contributed by atoms with Crippen molar-refractivity contribution in [3.63, 3.8) is 0 Å². The third kappa shape index (κ3) is 2.89. The molecule has 3 N–H and O–H groups in total. The van der Waals surface area contributed by atoms with Gasteiger partial charge in [0.25, 0.3) is 0 Å². The highest BCUT2D eigenvalue weighted by atomic mass is 32.2. The van der Waals surface area contributed by atoms with E-state index in [1.165, 1.54) is 0 Å². The van der Waals surface area contributed by atoms with E-state index in [1.807, 2.05) is 24.1 Å². The molecule has 6 heteroatoms. The number of hydrazine groups is 1. The molecule has 100 valence electrons. The molecule has 0 saturated heterocycles. The quantitative estimate of drug-likeness (QED) is 0.466. The molecule has 5 nitrogen and oxygen atoms in total. The van der Waals surface area contributed by atoms with Gasteiger partial charge < -0.3 is 0 Å². The predicted molar refractivity (Wildman–Crippen MR) is 70.5 cm³/mol. The summed E-state index contributed by atoms with van der Waals surface area (Å²) in [4.78, 5) is 2.54. The van der Waals surface area contributed by atoms with Gasteiger partial charge in [-0.3, -0.25) is 10.7 Å². The number of aryl methyl sites for hydroxylation is 1. The third-order valence-electron chi connectivity index (χ3n) is 3.13. The maximum Gasteiger partial charge on any atom is 0.178 e. The molecule has 2 rings (SSSR count). The van der Waals surface area contributed by atoms with Gasteiger partial charge in [-0.2, -0.15) is 0 Å². The van der Waals surface area contributed by atoms with Crippen LogP contribution in [-0.2, 0) is 22.8 Å². The second-order valence-electron chi connectivity index (χ2n) is 4.74. The van der Waals surface area contributed by atoms with Gasteiger partial charge in [0.15, 0.2) is 9.84 Å². The molecule has 0 atom stereocenters. The van der Waals surface area contributed by atoms with Crippen molar-refractivity contribution >= 4 is 9.84 Å². The van der Waals surface area contributed by atoms with Gasteiger partial charge >= 0.3 is 0 Å². The summed E-state index contributed by atoms with van der Waals surface area (Å²) in [5.41, 5.74) is 4.66. The number of hydrogen-bond donors (Lipinski definition) is 2. The van der Waals surface area contributed by atoms with Gasteiger partial charge in [-0.05, 0) is 37.1 Å². The lowest BCUT2D eigenvalue weighted by Gasteiger charge is -2.19. The molecule has 18 heavy (non-hydrogen) atoms. The Morgan fingerprint density at radius 3 is 2.94 bits per heavy atom. The lowest BCUT2D eigenvalue weighted by atomic mass is 10.1. The number of sulfone groups is 1. The maximum absolute atomic E-state index is 11.9. The fraction of sp³-hybridized carbons (Fsp3) is 0.500. The predicted octanol–water partition coefficient (Wildman–Crippen LogP) is 0.259. The van der Waals surface area contributed by atoms with Crippen molar-refractivity contribution < 1.29 is 8.42 Å². The summed E-state index contributed by atoms with van der Waals surface area (Å²) in [6.45, 7) is 1.34. The Bertz CT molecular complexity index is 528. The first-order valence-corrected chi connectivity index (χ1v) is 7.65. The molecule has 1 aromatic carbocycles. The Labute approximate surface area is 108 Å². The van der Waals surface area contributed by atoms with Gasteiger partial charge in [0.2, 0.25) is 0 Å². The average molecular weight is 269 g/mol. The average Bonchev–Trinajstić information content (AvgIpc) is 2.28. The van der Waals surface area contributed by atoms with E-state index >= 15 is 0 Å². The van der Waals surface area contributed by atoms with Gasteiger partial charge in [-0.25, -0.2) is 13.8 Å². The van der Waals surface area contributed by atoms with Gasteiger partial charge in [-0.1, -0.05) is 12.1 Å². The van der Waals surface area contributed by atoms with Crippen LogP contribution in [0.25, 0.3) is 0 Å². The molecule has 1 heterocycles. The second-order valence-corrected chi connectivity index (χ2v) is 6.82. The number of nitrogens with zero attached hydrogens (tertiary/aromatic N) is 1. The standard InChI is InChI=1S/C12H19N3O2S/c1-15(9-14-13)8-10-4-5-12-11(7-10)3-2-6-18(12,16)17/h4-5,7,14H,2-3,6,8-9,13H2,1H3. The molecular formula is C12H19N3O2S. The number of benzene rings is 1. The summed E-state index contributed by atoms with van der Waals surface area (Å²) in [5.74, 6) is 5.53. The van der Waals surface area contributed by atoms with E-state index in [1.54, 1.807) is 6.07 Å². The number of nitrogens with two attached hydrogens (primary N) is 1. The van der Waals surface area contributed by atoms with Crippen LogP contribution in [-0.4, -0.2) is 32.8 Å². The van der Waals surface area contributed by atoms with E-state index in [0.717, 1.165) is 30.5 Å². The summed E-state index contributed by atoms with van der Waals surface area (Å²) in [7, 11) is -1.09. The first kappa shape index (κ1) is 13.5. The topological polar surface area (TPSA) is 75.4 Å². The van der Waals surface area contributed by atoms with Crippen LogP contribution in [0.5, 0.6) is 0 Å². The van der Waals surface area contributed by atoms with Crippen molar-refractivity contribution in [2.45, 2.75) is 24.3 Å². The van der Waals surface area contributed by atoms with Crippen LogP contribution < -0.4 is 11.3 Å². The number of hydrogen-bond acceptors (Lipinski definition) is 5. The SMILES string of the molecule is CN(CNN)Cc1ccc2c(c1)CCCS2(=O)=O. The van der Waals surface area contributed by atoms with E-state index in [9.17, 15) is 8.42 Å².